The third-order valence-corrected chi connectivity index (χ3v) is 5.29. The Morgan fingerprint density at radius 1 is 1.17 bits per heavy atom. The van der Waals surface area contributed by atoms with Crippen molar-refractivity contribution in [2.45, 2.75) is 26.1 Å². The van der Waals surface area contributed by atoms with E-state index in [1.807, 2.05) is 31.2 Å². The summed E-state index contributed by atoms with van der Waals surface area (Å²) < 4.78 is 44.3. The predicted molar refractivity (Wildman–Crippen MR) is 120 cm³/mol. The van der Waals surface area contributed by atoms with E-state index in [9.17, 15) is 22.8 Å². The number of benzene rings is 2. The molecule has 9 nitrogen and oxygen atoms in total. The van der Waals surface area contributed by atoms with E-state index in [1.54, 1.807) is 0 Å². The lowest BCUT2D eigenvalue weighted by Crippen LogP contribution is -2.26. The topological polar surface area (TPSA) is 123 Å². The number of aromatic nitrogens is 3. The van der Waals surface area contributed by atoms with Crippen LogP contribution >= 0.6 is 0 Å². The van der Waals surface area contributed by atoms with Crippen LogP contribution in [0.25, 0.3) is 0 Å². The maximum absolute atomic E-state index is 13.0. The fraction of sp³-hybridized carbons (Fsp3) is 0.261. The fourth-order valence-corrected chi connectivity index (χ4v) is 3.54. The number of carbonyl (C=O) groups excluding carboxylic acids is 2. The Morgan fingerprint density at radius 3 is 2.63 bits per heavy atom. The summed E-state index contributed by atoms with van der Waals surface area (Å²) >= 11 is 0. The van der Waals surface area contributed by atoms with Crippen LogP contribution in [0.4, 0.5) is 36.4 Å². The van der Waals surface area contributed by atoms with Crippen LogP contribution in [0.1, 0.15) is 23.4 Å². The quantitative estimate of drug-likeness (QED) is 0.507. The van der Waals surface area contributed by atoms with Crippen LogP contribution in [0.3, 0.4) is 0 Å². The monoisotopic (exact) mass is 486 g/mol. The van der Waals surface area contributed by atoms with E-state index in [0.717, 1.165) is 28.3 Å². The number of ether oxygens (including phenoxy) is 1. The molecule has 12 heteroatoms. The van der Waals surface area contributed by atoms with Crippen LogP contribution in [-0.4, -0.2) is 33.4 Å². The van der Waals surface area contributed by atoms with E-state index in [-0.39, 0.29) is 43.0 Å². The van der Waals surface area contributed by atoms with Gasteiger partial charge in [0.2, 0.25) is 17.8 Å². The average molecular weight is 486 g/mol. The molecule has 3 N–H and O–H groups in total. The molecule has 1 amide bonds. The van der Waals surface area contributed by atoms with Gasteiger partial charge in [0, 0.05) is 24.3 Å². The van der Waals surface area contributed by atoms with Gasteiger partial charge in [-0.25, -0.2) is 0 Å². The summed E-state index contributed by atoms with van der Waals surface area (Å²) in [5.41, 5.74) is 6.73. The second kappa shape index (κ2) is 9.57. The molecule has 1 fully saturated rings. The summed E-state index contributed by atoms with van der Waals surface area (Å²) in [6.07, 6.45) is -4.73. The van der Waals surface area contributed by atoms with E-state index in [4.69, 9.17) is 10.5 Å². The highest BCUT2D eigenvalue weighted by Crippen LogP contribution is 2.33. The Hall–Kier alpha value is -4.22. The zero-order chi connectivity index (χ0) is 25.2. The summed E-state index contributed by atoms with van der Waals surface area (Å²) in [4.78, 5) is 38.2. The second-order valence-corrected chi connectivity index (χ2v) is 7.99. The lowest BCUT2D eigenvalue weighted by atomic mass is 10.1. The Kier molecular flexibility index (Phi) is 6.54. The molecule has 0 unspecified atom stereocenters. The Bertz CT molecular complexity index is 1250. The van der Waals surface area contributed by atoms with Gasteiger partial charge >= 0.3 is 12.1 Å². The number of nitrogens with two attached hydrogens (primary N) is 1. The number of amides is 1. The molecule has 3 aromatic rings. The molecule has 0 aliphatic carbocycles. The zero-order valence-corrected chi connectivity index (χ0v) is 18.5. The van der Waals surface area contributed by atoms with Gasteiger partial charge in [0.05, 0.1) is 11.5 Å². The molecule has 0 spiro atoms. The van der Waals surface area contributed by atoms with Crippen molar-refractivity contribution in [3.8, 4) is 0 Å². The highest BCUT2D eigenvalue weighted by Gasteiger charge is 2.37. The van der Waals surface area contributed by atoms with Crippen molar-refractivity contribution in [2.75, 3.05) is 22.5 Å². The third kappa shape index (κ3) is 5.83. The van der Waals surface area contributed by atoms with Crippen molar-refractivity contribution < 1.29 is 27.5 Å². The zero-order valence-electron chi connectivity index (χ0n) is 18.5. The lowest BCUT2D eigenvalue weighted by Gasteiger charge is -2.18. The number of carbonyl (C=O) groups is 2. The molecule has 2 heterocycles. The minimum Gasteiger partial charge on any atom is -0.457 e. The van der Waals surface area contributed by atoms with Gasteiger partial charge in [-0.05, 0) is 37.3 Å². The van der Waals surface area contributed by atoms with Gasteiger partial charge in [0.1, 0.15) is 0 Å². The first-order valence-corrected chi connectivity index (χ1v) is 10.6. The smallest absolute Gasteiger partial charge is 0.416 e. The van der Waals surface area contributed by atoms with Crippen molar-refractivity contribution in [3.63, 3.8) is 0 Å². The summed E-state index contributed by atoms with van der Waals surface area (Å²) in [5.74, 6) is -1.83. The minimum atomic E-state index is -4.54. The number of aryl methyl sites for hydroxylation is 1. The molecule has 1 aliphatic rings. The number of nitrogen functional groups attached to an aromatic ring is 1. The van der Waals surface area contributed by atoms with Crippen LogP contribution in [0.5, 0.6) is 0 Å². The molecule has 35 heavy (non-hydrogen) atoms. The van der Waals surface area contributed by atoms with Crippen molar-refractivity contribution >= 4 is 35.1 Å². The molecule has 1 aliphatic heterocycles. The summed E-state index contributed by atoms with van der Waals surface area (Å²) in [6, 6.07) is 11.9. The van der Waals surface area contributed by atoms with Gasteiger partial charge in [0.15, 0.2) is 12.4 Å². The molecular formula is C23H21F3N6O3. The SMILES string of the molecule is Cc1ccc(Nc2nc(N)nc(COC(=O)[C@@H]3CC(=O)N(c4cccc(C(F)(F)F)c4)C3)n2)cc1. The normalized spacial score (nSPS) is 15.8. The van der Waals surface area contributed by atoms with Crippen LogP contribution in [0, 0.1) is 12.8 Å². The number of esters is 1. The maximum atomic E-state index is 13.0. The van der Waals surface area contributed by atoms with Crippen LogP contribution < -0.4 is 16.0 Å². The summed E-state index contributed by atoms with van der Waals surface area (Å²) in [7, 11) is 0. The first-order chi connectivity index (χ1) is 16.6. The van der Waals surface area contributed by atoms with Gasteiger partial charge in [-0.1, -0.05) is 23.8 Å². The van der Waals surface area contributed by atoms with Gasteiger partial charge in [-0.15, -0.1) is 0 Å². The minimum absolute atomic E-state index is 0.0668. The molecule has 1 saturated heterocycles. The standard InChI is InChI=1S/C23H21F3N6O3/c1-13-5-7-16(8-6-13)28-22-30-18(29-21(27)31-22)12-35-20(34)14-9-19(33)32(11-14)17-4-2-3-15(10-17)23(24,25)26/h2-8,10,14H,9,11-12H2,1H3,(H3,27,28,29,30,31)/t14-/m1/s1. The van der Waals surface area contributed by atoms with E-state index in [2.05, 4.69) is 20.3 Å². The number of alkyl halides is 3. The van der Waals surface area contributed by atoms with Crippen molar-refractivity contribution in [1.82, 2.24) is 15.0 Å². The first kappa shape index (κ1) is 23.9. The predicted octanol–water partition coefficient (Wildman–Crippen LogP) is 3.62. The third-order valence-electron chi connectivity index (χ3n) is 5.29. The Morgan fingerprint density at radius 2 is 1.91 bits per heavy atom. The fourth-order valence-electron chi connectivity index (χ4n) is 3.54. The van der Waals surface area contributed by atoms with Gasteiger partial charge < -0.3 is 20.7 Å². The van der Waals surface area contributed by atoms with E-state index >= 15 is 0 Å². The molecule has 4 rings (SSSR count). The van der Waals surface area contributed by atoms with Crippen LogP contribution in [0.2, 0.25) is 0 Å². The molecule has 1 aromatic heterocycles. The number of anilines is 4. The van der Waals surface area contributed by atoms with E-state index in [1.165, 1.54) is 12.1 Å². The number of nitrogens with one attached hydrogen (secondary N) is 1. The number of hydrogen-bond donors (Lipinski definition) is 2. The average Bonchev–Trinajstić information content (AvgIpc) is 3.20. The van der Waals surface area contributed by atoms with Gasteiger partial charge in [-0.3, -0.25) is 9.59 Å². The Balaban J connectivity index is 1.39. The van der Waals surface area contributed by atoms with Gasteiger partial charge in [0.25, 0.3) is 0 Å². The molecule has 182 valence electrons. The second-order valence-electron chi connectivity index (χ2n) is 7.99. The number of nitrogens with zero attached hydrogens (tertiary/aromatic N) is 4. The maximum Gasteiger partial charge on any atom is 0.416 e. The molecule has 0 radical (unpaired) electrons. The highest BCUT2D eigenvalue weighted by molar-refractivity contribution is 5.99. The highest BCUT2D eigenvalue weighted by atomic mass is 19.4. The molecule has 2 aromatic carbocycles. The van der Waals surface area contributed by atoms with Crippen molar-refractivity contribution in [3.05, 3.63) is 65.5 Å². The molecule has 0 saturated carbocycles. The number of rotatable bonds is 6. The van der Waals surface area contributed by atoms with Crippen molar-refractivity contribution in [2.24, 2.45) is 5.92 Å². The van der Waals surface area contributed by atoms with Crippen LogP contribution in [-0.2, 0) is 27.1 Å². The summed E-state index contributed by atoms with van der Waals surface area (Å²) in [5, 5.41) is 2.99. The lowest BCUT2D eigenvalue weighted by molar-refractivity contribution is -0.150. The molecule has 0 bridgehead atoms. The summed E-state index contributed by atoms with van der Waals surface area (Å²) in [6.45, 7) is 1.54. The first-order valence-electron chi connectivity index (χ1n) is 10.6. The van der Waals surface area contributed by atoms with E-state index < -0.39 is 29.5 Å². The van der Waals surface area contributed by atoms with E-state index in [0.29, 0.717) is 0 Å². The van der Waals surface area contributed by atoms with Gasteiger partial charge in [-0.2, -0.15) is 28.1 Å². The largest absolute Gasteiger partial charge is 0.457 e. The molecular weight excluding hydrogens is 465 g/mol. The Labute approximate surface area is 198 Å². The number of hydrogen-bond acceptors (Lipinski definition) is 8. The van der Waals surface area contributed by atoms with Crippen LogP contribution in [0.15, 0.2) is 48.5 Å². The van der Waals surface area contributed by atoms with Crippen molar-refractivity contribution in [1.29, 1.82) is 0 Å². The molecule has 1 atom stereocenters. The number of halogens is 3.